The molecule has 0 saturated heterocycles. The number of aromatic amines is 1. The number of hydrogen-bond donors (Lipinski definition) is 2. The molecular formula is C21H20F6N6O. The molecule has 7 nitrogen and oxygen atoms in total. The number of H-pyrrole nitrogens is 1. The maximum absolute atomic E-state index is 13.7. The summed E-state index contributed by atoms with van der Waals surface area (Å²) in [5.41, 5.74) is 3.64. The minimum Gasteiger partial charge on any atom is -0.364 e. The van der Waals surface area contributed by atoms with Crippen molar-refractivity contribution in [1.82, 2.24) is 19.7 Å². The van der Waals surface area contributed by atoms with Crippen LogP contribution in [-0.4, -0.2) is 38.0 Å². The molecule has 1 aromatic carbocycles. The first kappa shape index (κ1) is 25.1. The van der Waals surface area contributed by atoms with Gasteiger partial charge in [0.2, 0.25) is 0 Å². The van der Waals surface area contributed by atoms with Crippen molar-refractivity contribution in [2.75, 3.05) is 0 Å². The van der Waals surface area contributed by atoms with Gasteiger partial charge in [-0.15, -0.1) is 0 Å². The number of alkyl halides is 6. The molecule has 0 aliphatic heterocycles. The van der Waals surface area contributed by atoms with Crippen LogP contribution in [0.3, 0.4) is 0 Å². The number of carbonyl (C=O) groups is 1. The first-order valence-corrected chi connectivity index (χ1v) is 10.0. The van der Waals surface area contributed by atoms with Crippen LogP contribution in [0.2, 0.25) is 0 Å². The number of aryl methyl sites for hydroxylation is 1. The predicted octanol–water partition coefficient (Wildman–Crippen LogP) is 4.79. The lowest BCUT2D eigenvalue weighted by molar-refractivity contribution is -0.214. The predicted molar refractivity (Wildman–Crippen MR) is 109 cm³/mol. The average Bonchev–Trinajstić information content (AvgIpc) is 3.32. The fourth-order valence-electron chi connectivity index (χ4n) is 3.44. The normalized spacial score (nSPS) is 13.7. The molecule has 2 heterocycles. The van der Waals surface area contributed by atoms with Crippen molar-refractivity contribution < 1.29 is 31.1 Å². The Kier molecular flexibility index (Phi) is 6.38. The SMILES string of the molecule is CC(C)(CC(c1cc(C(N)=O)n(CCC(F)(F)F)n1)c1nc2ccc(C#N)cc2[nH]1)C(F)(F)F. The van der Waals surface area contributed by atoms with Crippen LogP contribution in [-0.2, 0) is 6.54 Å². The second kappa shape index (κ2) is 8.66. The Labute approximate surface area is 189 Å². The topological polar surface area (TPSA) is 113 Å². The molecule has 1 amide bonds. The van der Waals surface area contributed by atoms with Gasteiger partial charge in [-0.2, -0.15) is 36.7 Å². The zero-order chi connectivity index (χ0) is 25.5. The quantitative estimate of drug-likeness (QED) is 0.468. The molecule has 13 heteroatoms. The summed E-state index contributed by atoms with van der Waals surface area (Å²) in [7, 11) is 0. The summed E-state index contributed by atoms with van der Waals surface area (Å²) in [5.74, 6) is -2.18. The summed E-state index contributed by atoms with van der Waals surface area (Å²) in [6.45, 7) is 1.22. The molecule has 3 rings (SSSR count). The maximum Gasteiger partial charge on any atom is 0.394 e. The second-order valence-electron chi connectivity index (χ2n) is 8.51. The Morgan fingerprint density at radius 2 is 1.88 bits per heavy atom. The summed E-state index contributed by atoms with van der Waals surface area (Å²) in [5, 5.41) is 13.1. The lowest BCUT2D eigenvalue weighted by Gasteiger charge is -2.30. The smallest absolute Gasteiger partial charge is 0.364 e. The molecule has 0 aliphatic rings. The molecule has 1 unspecified atom stereocenters. The summed E-state index contributed by atoms with van der Waals surface area (Å²) in [6, 6.07) is 7.49. The Balaban J connectivity index is 2.13. The lowest BCUT2D eigenvalue weighted by atomic mass is 9.80. The number of rotatable bonds is 7. The summed E-state index contributed by atoms with van der Waals surface area (Å²) in [6.07, 6.45) is -11.0. The molecular weight excluding hydrogens is 466 g/mol. The van der Waals surface area contributed by atoms with Gasteiger partial charge in [0.25, 0.3) is 5.91 Å². The van der Waals surface area contributed by atoms with Crippen LogP contribution in [0.1, 0.15) is 60.2 Å². The number of nitriles is 1. The van der Waals surface area contributed by atoms with Gasteiger partial charge in [0.1, 0.15) is 11.5 Å². The fraction of sp³-hybridized carbons (Fsp3) is 0.429. The third-order valence-electron chi connectivity index (χ3n) is 5.46. The number of nitrogens with two attached hydrogens (primary N) is 1. The van der Waals surface area contributed by atoms with E-state index in [9.17, 15) is 31.1 Å². The molecule has 182 valence electrons. The maximum atomic E-state index is 13.7. The van der Waals surface area contributed by atoms with Crippen molar-refractivity contribution in [2.24, 2.45) is 11.1 Å². The summed E-state index contributed by atoms with van der Waals surface area (Å²) < 4.78 is 80.0. The summed E-state index contributed by atoms with van der Waals surface area (Å²) >= 11 is 0. The molecule has 3 N–H and O–H groups in total. The van der Waals surface area contributed by atoms with Crippen LogP contribution < -0.4 is 5.73 Å². The first-order valence-electron chi connectivity index (χ1n) is 10.0. The van der Waals surface area contributed by atoms with Crippen molar-refractivity contribution in [2.45, 2.75) is 51.5 Å². The minimum atomic E-state index is -4.61. The number of primary amides is 1. The number of carbonyl (C=O) groups excluding carboxylic acids is 1. The van der Waals surface area contributed by atoms with Gasteiger partial charge in [-0.1, -0.05) is 13.8 Å². The number of hydrogen-bond acceptors (Lipinski definition) is 4. The van der Waals surface area contributed by atoms with Crippen molar-refractivity contribution in [3.63, 3.8) is 0 Å². The molecule has 0 radical (unpaired) electrons. The molecule has 0 saturated carbocycles. The van der Waals surface area contributed by atoms with Gasteiger partial charge in [0, 0.05) is 0 Å². The van der Waals surface area contributed by atoms with E-state index in [0.29, 0.717) is 16.6 Å². The molecule has 34 heavy (non-hydrogen) atoms. The van der Waals surface area contributed by atoms with Crippen molar-refractivity contribution in [1.29, 1.82) is 5.26 Å². The van der Waals surface area contributed by atoms with E-state index >= 15 is 0 Å². The van der Waals surface area contributed by atoms with E-state index in [4.69, 9.17) is 11.0 Å². The van der Waals surface area contributed by atoms with E-state index in [2.05, 4.69) is 15.1 Å². The average molecular weight is 486 g/mol. The minimum absolute atomic E-state index is 0.0545. The van der Waals surface area contributed by atoms with Gasteiger partial charge in [-0.3, -0.25) is 9.48 Å². The number of aromatic nitrogens is 4. The van der Waals surface area contributed by atoms with Gasteiger partial charge in [0.05, 0.1) is 52.7 Å². The highest BCUT2D eigenvalue weighted by Crippen LogP contribution is 2.46. The van der Waals surface area contributed by atoms with E-state index in [-0.39, 0.29) is 17.2 Å². The number of nitrogens with zero attached hydrogens (tertiary/aromatic N) is 4. The Morgan fingerprint density at radius 1 is 1.21 bits per heavy atom. The standard InChI is InChI=1S/C21H20F6N6O/c1-19(2,21(25,26)27)9-12(18-30-13-4-3-11(10-28)7-15(13)31-18)14-8-16(17(29)34)33(32-14)6-5-20(22,23)24/h3-4,7-8,12H,5-6,9H2,1-2H3,(H2,29,34)(H,30,31). The molecule has 2 aromatic heterocycles. The lowest BCUT2D eigenvalue weighted by Crippen LogP contribution is -2.34. The van der Waals surface area contributed by atoms with Crippen molar-refractivity contribution >= 4 is 16.9 Å². The highest BCUT2D eigenvalue weighted by atomic mass is 19.4. The first-order chi connectivity index (χ1) is 15.6. The van der Waals surface area contributed by atoms with Gasteiger partial charge >= 0.3 is 12.4 Å². The van der Waals surface area contributed by atoms with E-state index < -0.39 is 49.0 Å². The van der Waals surface area contributed by atoms with E-state index in [1.807, 2.05) is 6.07 Å². The van der Waals surface area contributed by atoms with Crippen LogP contribution in [0.5, 0.6) is 0 Å². The molecule has 0 spiro atoms. The Bertz CT molecular complexity index is 1250. The molecule has 0 fully saturated rings. The third-order valence-corrected chi connectivity index (χ3v) is 5.46. The van der Waals surface area contributed by atoms with Crippen molar-refractivity contribution in [3.8, 4) is 6.07 Å². The number of imidazole rings is 1. The molecule has 3 aromatic rings. The van der Waals surface area contributed by atoms with Gasteiger partial charge in [-0.05, 0) is 30.7 Å². The molecule has 0 aliphatic carbocycles. The van der Waals surface area contributed by atoms with Gasteiger partial charge < -0.3 is 10.7 Å². The van der Waals surface area contributed by atoms with Crippen molar-refractivity contribution in [3.05, 3.63) is 47.0 Å². The molecule has 0 bridgehead atoms. The van der Waals surface area contributed by atoms with Gasteiger partial charge in [-0.25, -0.2) is 4.98 Å². The number of amides is 1. The van der Waals surface area contributed by atoms with Crippen LogP contribution >= 0.6 is 0 Å². The fourth-order valence-corrected chi connectivity index (χ4v) is 3.44. The highest BCUT2D eigenvalue weighted by Gasteiger charge is 2.49. The summed E-state index contributed by atoms with van der Waals surface area (Å²) in [4.78, 5) is 19.0. The number of benzene rings is 1. The highest BCUT2D eigenvalue weighted by molar-refractivity contribution is 5.91. The number of halogens is 6. The number of nitrogens with one attached hydrogen (secondary N) is 1. The monoisotopic (exact) mass is 486 g/mol. The van der Waals surface area contributed by atoms with Crippen LogP contribution in [0.4, 0.5) is 26.3 Å². The zero-order valence-electron chi connectivity index (χ0n) is 18.1. The van der Waals surface area contributed by atoms with Crippen LogP contribution in [0.15, 0.2) is 24.3 Å². The largest absolute Gasteiger partial charge is 0.394 e. The Morgan fingerprint density at radius 3 is 2.44 bits per heavy atom. The van der Waals surface area contributed by atoms with Gasteiger partial charge in [0.15, 0.2) is 0 Å². The number of fused-ring (bicyclic) bond motifs is 1. The second-order valence-corrected chi connectivity index (χ2v) is 8.51. The van der Waals surface area contributed by atoms with E-state index in [0.717, 1.165) is 24.6 Å². The zero-order valence-corrected chi connectivity index (χ0v) is 18.1. The molecule has 1 atom stereocenters. The van der Waals surface area contributed by atoms with E-state index in [1.165, 1.54) is 18.2 Å². The van der Waals surface area contributed by atoms with Crippen LogP contribution in [0.25, 0.3) is 11.0 Å². The van der Waals surface area contributed by atoms with E-state index in [1.54, 1.807) is 0 Å². The Hall–Kier alpha value is -3.56. The third kappa shape index (κ3) is 5.32. The van der Waals surface area contributed by atoms with Crippen LogP contribution in [0, 0.1) is 16.7 Å².